The predicted molar refractivity (Wildman–Crippen MR) is 62.7 cm³/mol. The number of aliphatic carboxylic acids is 1. The monoisotopic (exact) mass is 284 g/mol. The Balaban J connectivity index is 4.07. The molecule has 3 N–H and O–H groups in total. The van der Waals surface area contributed by atoms with Crippen LogP contribution in [0, 0.1) is 5.92 Å². The molecule has 0 radical (unpaired) electrons. The van der Waals surface area contributed by atoms with E-state index in [4.69, 9.17) is 5.11 Å². The molecule has 0 bridgehead atoms. The van der Waals surface area contributed by atoms with Crippen LogP contribution in [0.3, 0.4) is 0 Å². The number of amides is 2. The van der Waals surface area contributed by atoms with Crippen LogP contribution in [0.5, 0.6) is 0 Å². The summed E-state index contributed by atoms with van der Waals surface area (Å²) in [5.41, 5.74) is 0. The SMILES string of the molecule is CCCC(CNC(=O)NC(C)CC(F)(F)F)C(=O)O. The zero-order chi connectivity index (χ0) is 15.1. The lowest BCUT2D eigenvalue weighted by molar-refractivity contribution is -0.141. The fourth-order valence-corrected chi connectivity index (χ4v) is 1.55. The lowest BCUT2D eigenvalue weighted by Gasteiger charge is -2.17. The van der Waals surface area contributed by atoms with E-state index in [1.807, 2.05) is 0 Å². The minimum atomic E-state index is -4.35. The largest absolute Gasteiger partial charge is 0.481 e. The van der Waals surface area contributed by atoms with Crippen molar-refractivity contribution in [1.82, 2.24) is 10.6 Å². The van der Waals surface area contributed by atoms with Crippen LogP contribution in [0.25, 0.3) is 0 Å². The maximum absolute atomic E-state index is 12.0. The maximum atomic E-state index is 12.0. The minimum Gasteiger partial charge on any atom is -0.481 e. The average molecular weight is 284 g/mol. The summed E-state index contributed by atoms with van der Waals surface area (Å²) in [6.45, 7) is 2.93. The summed E-state index contributed by atoms with van der Waals surface area (Å²) in [6, 6.07) is -1.85. The number of alkyl halides is 3. The third-order valence-electron chi connectivity index (χ3n) is 2.41. The Morgan fingerprint density at radius 1 is 1.32 bits per heavy atom. The Bertz CT molecular complexity index is 308. The Labute approximate surface area is 109 Å². The number of urea groups is 1. The van der Waals surface area contributed by atoms with Gasteiger partial charge in [0.25, 0.3) is 0 Å². The molecule has 0 aromatic rings. The van der Waals surface area contributed by atoms with Crippen molar-refractivity contribution in [2.45, 2.75) is 45.3 Å². The molecule has 19 heavy (non-hydrogen) atoms. The first kappa shape index (κ1) is 17.5. The van der Waals surface area contributed by atoms with E-state index in [0.717, 1.165) is 0 Å². The van der Waals surface area contributed by atoms with Crippen molar-refractivity contribution in [2.24, 2.45) is 5.92 Å². The lowest BCUT2D eigenvalue weighted by atomic mass is 10.0. The standard InChI is InChI=1S/C11H19F3N2O3/c1-3-4-8(9(17)18)6-15-10(19)16-7(2)5-11(12,13)14/h7-8H,3-6H2,1-2H3,(H,17,18)(H2,15,16,19). The van der Waals surface area contributed by atoms with E-state index in [2.05, 4.69) is 10.6 Å². The predicted octanol–water partition coefficient (Wildman–Crippen LogP) is 2.13. The second-order valence-corrected chi connectivity index (χ2v) is 4.40. The molecule has 8 heteroatoms. The number of carbonyl (C=O) groups is 2. The molecule has 0 aliphatic rings. The number of hydrogen-bond acceptors (Lipinski definition) is 2. The van der Waals surface area contributed by atoms with Gasteiger partial charge in [-0.15, -0.1) is 0 Å². The van der Waals surface area contributed by atoms with Crippen LogP contribution in [-0.4, -0.2) is 35.9 Å². The van der Waals surface area contributed by atoms with Gasteiger partial charge in [0, 0.05) is 12.6 Å². The molecule has 0 fully saturated rings. The minimum absolute atomic E-state index is 0.103. The molecule has 2 amide bonds. The van der Waals surface area contributed by atoms with Crippen LogP contribution < -0.4 is 10.6 Å². The summed E-state index contributed by atoms with van der Waals surface area (Å²) in [7, 11) is 0. The number of halogens is 3. The van der Waals surface area contributed by atoms with E-state index in [1.54, 1.807) is 6.92 Å². The highest BCUT2D eigenvalue weighted by molar-refractivity contribution is 5.76. The zero-order valence-corrected chi connectivity index (χ0v) is 10.9. The Morgan fingerprint density at radius 3 is 2.32 bits per heavy atom. The summed E-state index contributed by atoms with van der Waals surface area (Å²) < 4.78 is 36.1. The summed E-state index contributed by atoms with van der Waals surface area (Å²) in [5, 5.41) is 13.2. The first-order chi connectivity index (χ1) is 8.65. The molecular weight excluding hydrogens is 265 g/mol. The normalized spacial score (nSPS) is 14.6. The van der Waals surface area contributed by atoms with Gasteiger partial charge in [-0.2, -0.15) is 13.2 Å². The van der Waals surface area contributed by atoms with Crippen LogP contribution in [0.2, 0.25) is 0 Å². The molecule has 0 aliphatic heterocycles. The zero-order valence-electron chi connectivity index (χ0n) is 10.9. The maximum Gasteiger partial charge on any atom is 0.391 e. The van der Waals surface area contributed by atoms with Crippen LogP contribution in [0.1, 0.15) is 33.1 Å². The van der Waals surface area contributed by atoms with E-state index in [0.29, 0.717) is 12.8 Å². The van der Waals surface area contributed by atoms with Gasteiger partial charge in [-0.25, -0.2) is 4.79 Å². The Morgan fingerprint density at radius 2 is 1.89 bits per heavy atom. The number of nitrogens with one attached hydrogen (secondary N) is 2. The van der Waals surface area contributed by atoms with E-state index in [-0.39, 0.29) is 6.54 Å². The molecule has 2 unspecified atom stereocenters. The van der Waals surface area contributed by atoms with Gasteiger partial charge >= 0.3 is 18.2 Å². The van der Waals surface area contributed by atoms with Gasteiger partial charge in [-0.1, -0.05) is 13.3 Å². The lowest BCUT2D eigenvalue weighted by Crippen LogP contribution is -2.44. The number of carboxylic acids is 1. The Hall–Kier alpha value is -1.47. The first-order valence-electron chi connectivity index (χ1n) is 5.99. The molecule has 5 nitrogen and oxygen atoms in total. The highest BCUT2D eigenvalue weighted by Crippen LogP contribution is 2.21. The fourth-order valence-electron chi connectivity index (χ4n) is 1.55. The van der Waals surface area contributed by atoms with Gasteiger partial charge in [0.15, 0.2) is 0 Å². The smallest absolute Gasteiger partial charge is 0.391 e. The van der Waals surface area contributed by atoms with Crippen molar-refractivity contribution >= 4 is 12.0 Å². The fraction of sp³-hybridized carbons (Fsp3) is 0.818. The highest BCUT2D eigenvalue weighted by atomic mass is 19.4. The van der Waals surface area contributed by atoms with Crippen LogP contribution in [0.15, 0.2) is 0 Å². The van der Waals surface area contributed by atoms with Crippen molar-refractivity contribution in [3.63, 3.8) is 0 Å². The highest BCUT2D eigenvalue weighted by Gasteiger charge is 2.30. The van der Waals surface area contributed by atoms with Crippen molar-refractivity contribution in [2.75, 3.05) is 6.54 Å². The molecular formula is C11H19F3N2O3. The summed E-state index contributed by atoms with van der Waals surface area (Å²) in [6.07, 6.45) is -4.44. The third-order valence-corrected chi connectivity index (χ3v) is 2.41. The van der Waals surface area contributed by atoms with Crippen molar-refractivity contribution in [3.8, 4) is 0 Å². The van der Waals surface area contributed by atoms with Gasteiger partial charge < -0.3 is 15.7 Å². The number of hydrogen-bond donors (Lipinski definition) is 3. The first-order valence-corrected chi connectivity index (χ1v) is 5.99. The number of rotatable bonds is 7. The van der Waals surface area contributed by atoms with Crippen molar-refractivity contribution < 1.29 is 27.9 Å². The van der Waals surface area contributed by atoms with Gasteiger partial charge in [0.05, 0.1) is 12.3 Å². The number of carbonyl (C=O) groups excluding carboxylic acids is 1. The molecule has 0 aliphatic carbocycles. The second-order valence-electron chi connectivity index (χ2n) is 4.40. The summed E-state index contributed by atoms with van der Waals surface area (Å²) in [4.78, 5) is 22.1. The molecule has 0 aromatic carbocycles. The molecule has 0 heterocycles. The van der Waals surface area contributed by atoms with Gasteiger partial charge in [-0.3, -0.25) is 4.79 Å². The molecule has 0 saturated carbocycles. The van der Waals surface area contributed by atoms with Crippen LogP contribution >= 0.6 is 0 Å². The molecule has 0 saturated heterocycles. The van der Waals surface area contributed by atoms with Gasteiger partial charge in [-0.05, 0) is 13.3 Å². The van der Waals surface area contributed by atoms with Crippen molar-refractivity contribution in [3.05, 3.63) is 0 Å². The molecule has 0 aromatic heterocycles. The van der Waals surface area contributed by atoms with Crippen LogP contribution in [0.4, 0.5) is 18.0 Å². The van der Waals surface area contributed by atoms with Crippen molar-refractivity contribution in [1.29, 1.82) is 0 Å². The van der Waals surface area contributed by atoms with Gasteiger partial charge in [0.1, 0.15) is 0 Å². The van der Waals surface area contributed by atoms with E-state index >= 15 is 0 Å². The molecule has 0 rings (SSSR count). The topological polar surface area (TPSA) is 78.4 Å². The van der Waals surface area contributed by atoms with Gasteiger partial charge in [0.2, 0.25) is 0 Å². The summed E-state index contributed by atoms with van der Waals surface area (Å²) in [5.74, 6) is -1.76. The van der Waals surface area contributed by atoms with E-state index in [9.17, 15) is 22.8 Å². The second kappa shape index (κ2) is 7.85. The summed E-state index contributed by atoms with van der Waals surface area (Å²) >= 11 is 0. The Kier molecular flexibility index (Phi) is 7.25. The molecule has 2 atom stereocenters. The molecule has 0 spiro atoms. The average Bonchev–Trinajstić information content (AvgIpc) is 2.20. The number of carboxylic acid groups (broad SMARTS) is 1. The van der Waals surface area contributed by atoms with E-state index in [1.165, 1.54) is 6.92 Å². The van der Waals surface area contributed by atoms with E-state index < -0.39 is 36.6 Å². The van der Waals surface area contributed by atoms with Crippen LogP contribution in [-0.2, 0) is 4.79 Å². The molecule has 112 valence electrons. The third kappa shape index (κ3) is 9.15. The quantitative estimate of drug-likeness (QED) is 0.670.